The van der Waals surface area contributed by atoms with Crippen LogP contribution in [0.3, 0.4) is 0 Å². The van der Waals surface area contributed by atoms with Gasteiger partial charge in [0.05, 0.1) is 12.0 Å². The van der Waals surface area contributed by atoms with Gasteiger partial charge in [-0.1, -0.05) is 19.1 Å². The summed E-state index contributed by atoms with van der Waals surface area (Å²) in [6, 6.07) is 6.04. The average Bonchev–Trinajstić information content (AvgIpc) is 2.98. The van der Waals surface area contributed by atoms with Crippen LogP contribution in [0, 0.1) is 12.7 Å². The third-order valence-corrected chi connectivity index (χ3v) is 5.75. The molecule has 0 N–H and O–H groups in total. The van der Waals surface area contributed by atoms with Crippen molar-refractivity contribution in [3.63, 3.8) is 0 Å². The van der Waals surface area contributed by atoms with Gasteiger partial charge in [0.25, 0.3) is 5.56 Å². The van der Waals surface area contributed by atoms with E-state index in [-0.39, 0.29) is 18.0 Å². The first kappa shape index (κ1) is 20.2. The molecule has 0 atom stereocenters. The van der Waals surface area contributed by atoms with Gasteiger partial charge < -0.3 is 4.74 Å². The van der Waals surface area contributed by atoms with Crippen LogP contribution in [0.1, 0.15) is 38.4 Å². The maximum Gasteiger partial charge on any atom is 0.331 e. The lowest BCUT2D eigenvalue weighted by atomic mass is 10.0. The third-order valence-electron chi connectivity index (χ3n) is 4.75. The van der Waals surface area contributed by atoms with Crippen molar-refractivity contribution in [3.05, 3.63) is 51.1 Å². The van der Waals surface area contributed by atoms with Gasteiger partial charge in [0.15, 0.2) is 0 Å². The summed E-state index contributed by atoms with van der Waals surface area (Å²) < 4.78 is 20.0. The summed E-state index contributed by atoms with van der Waals surface area (Å²) in [4.78, 5) is 32.4. The first-order valence-electron chi connectivity index (χ1n) is 9.21. The van der Waals surface area contributed by atoms with Crippen LogP contribution in [-0.4, -0.2) is 22.1 Å². The normalized spacial score (nSPS) is 11.8. The first-order chi connectivity index (χ1) is 13.2. The molecule has 0 unspecified atom stereocenters. The number of halogens is 1. The number of hydrogen-bond donors (Lipinski definition) is 0. The molecule has 2 heterocycles. The molecule has 0 aliphatic carbocycles. The Morgan fingerprint density at radius 2 is 1.89 bits per heavy atom. The van der Waals surface area contributed by atoms with E-state index in [2.05, 4.69) is 4.98 Å². The standard InChI is InChI=1S/C21H23FN2O3S/c1-6-15-23-18-17(19(25)24(15)21(4,5)20(26)27-7-2)16(12(3)28-18)13-8-10-14(22)11-9-13/h8-11H,6-7H2,1-5H3. The molecule has 0 aliphatic rings. The number of nitrogens with zero attached hydrogens (tertiary/aromatic N) is 2. The maximum absolute atomic E-state index is 13.6. The average molecular weight is 402 g/mol. The molecule has 0 aliphatic heterocycles. The Kier molecular flexibility index (Phi) is 5.39. The van der Waals surface area contributed by atoms with Crippen molar-refractivity contribution < 1.29 is 13.9 Å². The molecule has 2 aromatic heterocycles. The second-order valence-electron chi connectivity index (χ2n) is 7.02. The summed E-state index contributed by atoms with van der Waals surface area (Å²) in [6.45, 7) is 9.09. The van der Waals surface area contributed by atoms with Crippen LogP contribution >= 0.6 is 11.3 Å². The minimum absolute atomic E-state index is 0.229. The SMILES string of the molecule is CCOC(=O)C(C)(C)n1c(CC)nc2sc(C)c(-c3ccc(F)cc3)c2c1=O. The van der Waals surface area contributed by atoms with Gasteiger partial charge in [-0.3, -0.25) is 9.36 Å². The minimum Gasteiger partial charge on any atom is -0.464 e. The number of esters is 1. The molecule has 28 heavy (non-hydrogen) atoms. The van der Waals surface area contributed by atoms with Crippen LogP contribution < -0.4 is 5.56 Å². The second kappa shape index (κ2) is 7.47. The smallest absolute Gasteiger partial charge is 0.331 e. The Labute approximate surface area is 166 Å². The van der Waals surface area contributed by atoms with Gasteiger partial charge in [-0.25, -0.2) is 14.2 Å². The Morgan fingerprint density at radius 1 is 1.25 bits per heavy atom. The fourth-order valence-electron chi connectivity index (χ4n) is 3.38. The molecule has 3 aromatic rings. The highest BCUT2D eigenvalue weighted by atomic mass is 32.1. The van der Waals surface area contributed by atoms with Gasteiger partial charge in [-0.15, -0.1) is 11.3 Å². The van der Waals surface area contributed by atoms with E-state index in [1.807, 2.05) is 13.8 Å². The van der Waals surface area contributed by atoms with Crippen molar-refractivity contribution in [1.29, 1.82) is 0 Å². The quantitative estimate of drug-likeness (QED) is 0.592. The van der Waals surface area contributed by atoms with Crippen molar-refractivity contribution in [1.82, 2.24) is 9.55 Å². The van der Waals surface area contributed by atoms with E-state index in [9.17, 15) is 14.0 Å². The van der Waals surface area contributed by atoms with E-state index in [1.54, 1.807) is 32.9 Å². The highest BCUT2D eigenvalue weighted by molar-refractivity contribution is 7.19. The number of aromatic nitrogens is 2. The van der Waals surface area contributed by atoms with Crippen LogP contribution in [-0.2, 0) is 21.5 Å². The highest BCUT2D eigenvalue weighted by Crippen LogP contribution is 2.36. The lowest BCUT2D eigenvalue weighted by Gasteiger charge is -2.27. The predicted octanol–water partition coefficient (Wildman–Crippen LogP) is 4.43. The molecular formula is C21H23FN2O3S. The van der Waals surface area contributed by atoms with Crippen molar-refractivity contribution in [2.45, 2.75) is 46.6 Å². The molecule has 3 rings (SSSR count). The largest absolute Gasteiger partial charge is 0.464 e. The summed E-state index contributed by atoms with van der Waals surface area (Å²) in [5, 5.41) is 0.448. The first-order valence-corrected chi connectivity index (χ1v) is 10.0. The summed E-state index contributed by atoms with van der Waals surface area (Å²) in [5.74, 6) is -0.293. The zero-order valence-electron chi connectivity index (χ0n) is 16.6. The van der Waals surface area contributed by atoms with Crippen molar-refractivity contribution in [3.8, 4) is 11.1 Å². The number of carbonyl (C=O) groups excluding carboxylic acids is 1. The van der Waals surface area contributed by atoms with Crippen LogP contribution in [0.5, 0.6) is 0 Å². The fourth-order valence-corrected chi connectivity index (χ4v) is 4.43. The number of fused-ring (bicyclic) bond motifs is 1. The van der Waals surface area contributed by atoms with Gasteiger partial charge in [0, 0.05) is 16.9 Å². The van der Waals surface area contributed by atoms with Gasteiger partial charge >= 0.3 is 5.97 Å². The molecule has 0 spiro atoms. The lowest BCUT2D eigenvalue weighted by molar-refractivity contribution is -0.152. The zero-order valence-corrected chi connectivity index (χ0v) is 17.4. The fraction of sp³-hybridized carbons (Fsp3) is 0.381. The molecule has 7 heteroatoms. The third kappa shape index (κ3) is 3.24. The minimum atomic E-state index is -1.20. The molecule has 0 radical (unpaired) electrons. The van der Waals surface area contributed by atoms with Gasteiger partial charge in [-0.05, 0) is 45.4 Å². The molecule has 5 nitrogen and oxygen atoms in total. The highest BCUT2D eigenvalue weighted by Gasteiger charge is 2.35. The van der Waals surface area contributed by atoms with Gasteiger partial charge in [0.1, 0.15) is 22.0 Å². The molecular weight excluding hydrogens is 379 g/mol. The van der Waals surface area contributed by atoms with E-state index >= 15 is 0 Å². The van der Waals surface area contributed by atoms with E-state index in [0.29, 0.717) is 22.5 Å². The summed E-state index contributed by atoms with van der Waals surface area (Å²) in [5.41, 5.74) is -0.0128. The predicted molar refractivity (Wildman–Crippen MR) is 109 cm³/mol. The Balaban J connectivity index is 2.36. The van der Waals surface area contributed by atoms with Crippen molar-refractivity contribution in [2.75, 3.05) is 6.61 Å². The molecule has 0 bridgehead atoms. The maximum atomic E-state index is 13.6. The number of carbonyl (C=O) groups is 1. The summed E-state index contributed by atoms with van der Waals surface area (Å²) >= 11 is 1.43. The monoisotopic (exact) mass is 402 g/mol. The zero-order chi connectivity index (χ0) is 20.6. The van der Waals surface area contributed by atoms with Crippen LogP contribution in [0.15, 0.2) is 29.1 Å². The van der Waals surface area contributed by atoms with Crippen molar-refractivity contribution >= 4 is 27.5 Å². The molecule has 0 fully saturated rings. The van der Waals surface area contributed by atoms with E-state index in [0.717, 1.165) is 16.0 Å². The number of benzene rings is 1. The number of thiophene rings is 1. The molecule has 0 saturated carbocycles. The van der Waals surface area contributed by atoms with Crippen LogP contribution in [0.4, 0.5) is 4.39 Å². The van der Waals surface area contributed by atoms with Gasteiger partial charge in [-0.2, -0.15) is 0 Å². The van der Waals surface area contributed by atoms with Crippen LogP contribution in [0.25, 0.3) is 21.3 Å². The molecule has 148 valence electrons. The molecule has 0 amide bonds. The summed E-state index contributed by atoms with van der Waals surface area (Å²) in [6.07, 6.45) is 0.497. The lowest BCUT2D eigenvalue weighted by Crippen LogP contribution is -2.45. The Hall–Kier alpha value is -2.54. The molecule has 0 saturated heterocycles. The second-order valence-corrected chi connectivity index (χ2v) is 8.23. The number of aryl methyl sites for hydroxylation is 2. The number of ether oxygens (including phenoxy) is 1. The Bertz CT molecular complexity index is 1100. The summed E-state index contributed by atoms with van der Waals surface area (Å²) in [7, 11) is 0. The van der Waals surface area contributed by atoms with Crippen LogP contribution in [0.2, 0.25) is 0 Å². The van der Waals surface area contributed by atoms with Crippen molar-refractivity contribution in [2.24, 2.45) is 0 Å². The molecule has 1 aromatic carbocycles. The number of rotatable bonds is 5. The van der Waals surface area contributed by atoms with E-state index < -0.39 is 11.5 Å². The van der Waals surface area contributed by atoms with E-state index in [4.69, 9.17) is 4.74 Å². The Morgan fingerprint density at radius 3 is 2.46 bits per heavy atom. The number of hydrogen-bond acceptors (Lipinski definition) is 5. The topological polar surface area (TPSA) is 61.2 Å². The van der Waals surface area contributed by atoms with E-state index in [1.165, 1.54) is 28.0 Å². The van der Waals surface area contributed by atoms with Gasteiger partial charge in [0.2, 0.25) is 0 Å².